The van der Waals surface area contributed by atoms with Crippen molar-refractivity contribution >= 4 is 67.5 Å². The van der Waals surface area contributed by atoms with E-state index in [1.807, 2.05) is 28.8 Å². The van der Waals surface area contributed by atoms with Crippen LogP contribution >= 0.6 is 0 Å². The molecule has 0 aliphatic carbocycles. The monoisotopic (exact) mass is 966 g/mol. The van der Waals surface area contributed by atoms with Crippen molar-refractivity contribution in [3.63, 3.8) is 0 Å². The minimum Gasteiger partial charge on any atom is -0.748 e. The van der Waals surface area contributed by atoms with Crippen LogP contribution in [0.4, 0.5) is 0 Å². The number of rotatable bonds is 29. The van der Waals surface area contributed by atoms with Crippen LogP contribution in [0.15, 0.2) is 60.7 Å². The maximum atomic E-state index is 14.0. The Labute approximate surface area is 394 Å². The fourth-order valence-electron chi connectivity index (χ4n) is 7.23. The van der Waals surface area contributed by atoms with E-state index in [0.29, 0.717) is 108 Å². The summed E-state index contributed by atoms with van der Waals surface area (Å²) in [5, 5.41) is 7.19. The third kappa shape index (κ3) is 16.7. The zero-order chi connectivity index (χ0) is 48.9. The molecule has 21 heteroatoms. The van der Waals surface area contributed by atoms with Gasteiger partial charge in [0.1, 0.15) is 5.75 Å². The highest BCUT2D eigenvalue weighted by Crippen LogP contribution is 2.30. The first-order chi connectivity index (χ1) is 32.7. The number of hydroxylamine groups is 2. The number of benzene rings is 3. The molecular formula is C47H58N4O16S. The van der Waals surface area contributed by atoms with E-state index in [2.05, 4.69) is 15.5 Å². The highest BCUT2D eigenvalue weighted by atomic mass is 32.2. The number of carbonyl (C=O) groups is 6. The Morgan fingerprint density at radius 2 is 1.22 bits per heavy atom. The first kappa shape index (κ1) is 53.0. The second-order valence-electron chi connectivity index (χ2n) is 15.6. The Morgan fingerprint density at radius 1 is 0.706 bits per heavy atom. The van der Waals surface area contributed by atoms with Gasteiger partial charge in [-0.25, -0.2) is 18.0 Å². The zero-order valence-corrected chi connectivity index (χ0v) is 39.1. The molecule has 1 aliphatic heterocycles. The summed E-state index contributed by atoms with van der Waals surface area (Å²) in [7, 11) is -4.39. The van der Waals surface area contributed by atoms with Crippen molar-refractivity contribution in [1.82, 2.24) is 15.7 Å². The quantitative estimate of drug-likeness (QED) is 0.0198. The van der Waals surface area contributed by atoms with Crippen molar-refractivity contribution in [2.24, 2.45) is 0 Å². The van der Waals surface area contributed by atoms with Crippen LogP contribution in [0.25, 0.3) is 21.8 Å². The molecular weight excluding hydrogens is 909 g/mol. The van der Waals surface area contributed by atoms with Gasteiger partial charge in [0.05, 0.1) is 98.9 Å². The molecule has 368 valence electrons. The fraction of sp³-hybridized carbons (Fsp3) is 0.468. The summed E-state index contributed by atoms with van der Waals surface area (Å²) in [5.41, 5.74) is 3.26. The van der Waals surface area contributed by atoms with Gasteiger partial charge in [0.15, 0.2) is 6.54 Å². The zero-order valence-electron chi connectivity index (χ0n) is 38.3. The molecule has 0 radical (unpaired) electrons. The minimum absolute atomic E-state index is 0.0556. The van der Waals surface area contributed by atoms with Crippen molar-refractivity contribution < 1.29 is 79.6 Å². The Balaban J connectivity index is 0.888. The number of imide groups is 1. The summed E-state index contributed by atoms with van der Waals surface area (Å²) in [6.07, 6.45) is 0.143. The van der Waals surface area contributed by atoms with Crippen molar-refractivity contribution in [2.45, 2.75) is 58.9 Å². The van der Waals surface area contributed by atoms with Gasteiger partial charge in [0.25, 0.3) is 17.7 Å². The molecule has 2 N–H and O–H groups in total. The van der Waals surface area contributed by atoms with Gasteiger partial charge in [0.2, 0.25) is 16.9 Å². The maximum Gasteiger partial charge on any atom is 0.345 e. The normalized spacial score (nSPS) is 12.9. The van der Waals surface area contributed by atoms with E-state index in [-0.39, 0.29) is 83.2 Å². The lowest BCUT2D eigenvalue weighted by molar-refractivity contribution is -0.645. The fourth-order valence-corrected chi connectivity index (χ4v) is 7.72. The topological polar surface area (TPSA) is 255 Å². The predicted octanol–water partition coefficient (Wildman–Crippen LogP) is 2.76. The van der Waals surface area contributed by atoms with Crippen LogP contribution in [0.1, 0.15) is 70.4 Å². The number of esters is 1. The van der Waals surface area contributed by atoms with Crippen LogP contribution in [0.2, 0.25) is 0 Å². The van der Waals surface area contributed by atoms with Crippen molar-refractivity contribution in [1.29, 1.82) is 0 Å². The Morgan fingerprint density at radius 3 is 1.76 bits per heavy atom. The summed E-state index contributed by atoms with van der Waals surface area (Å²) >= 11 is 0. The molecule has 5 rings (SSSR count). The SMILES string of the molecule is Cc1cc(C(=O)NCCOCCOCCOCCOCCOCCNC(=O)CCCC(=O)N2OC(=O)CCC2=O)cc(C)c1OC(=O)c1c2ccccc2[n+](CCCS(=O)(=O)[O-])c2ccccc12. The molecule has 1 aromatic heterocycles. The second kappa shape index (κ2) is 27.2. The molecule has 0 saturated carbocycles. The number of pyridine rings is 1. The third-order valence-corrected chi connectivity index (χ3v) is 11.2. The van der Waals surface area contributed by atoms with E-state index in [0.717, 1.165) is 0 Å². The number of hydrogen-bond acceptors (Lipinski definition) is 16. The average Bonchev–Trinajstić information content (AvgIpc) is 3.30. The molecule has 4 aromatic rings. The standard InChI is InChI=1S/C47H58N4O16S/c1-33-31-35(32-34(2)45(33)66-47(57)44-36-9-3-5-11-38(36)50(19-8-30-68(58,59)60)39-12-6-4-10-37(39)44)46(56)49-18-21-62-23-25-64-27-29-65-28-26-63-24-22-61-20-17-48-40(52)13-7-14-41(53)51-42(54)15-16-43(55)67-51/h3-6,9-12,31-32H,7-8,13-30H2,1-2H3,(H2-,48,49,52,56,58,59,60). The van der Waals surface area contributed by atoms with Gasteiger partial charge in [-0.3, -0.25) is 19.2 Å². The molecule has 0 spiro atoms. The van der Waals surface area contributed by atoms with Gasteiger partial charge in [-0.15, -0.1) is 5.06 Å². The van der Waals surface area contributed by atoms with Crippen molar-refractivity contribution in [3.05, 3.63) is 82.9 Å². The number of fused-ring (bicyclic) bond motifs is 2. The van der Waals surface area contributed by atoms with Crippen LogP contribution in [-0.2, 0) is 64.4 Å². The third-order valence-electron chi connectivity index (χ3n) is 10.4. The van der Waals surface area contributed by atoms with Gasteiger partial charge < -0.3 is 48.4 Å². The van der Waals surface area contributed by atoms with E-state index in [9.17, 15) is 41.7 Å². The van der Waals surface area contributed by atoms with Gasteiger partial charge in [-0.05, 0) is 55.7 Å². The van der Waals surface area contributed by atoms with Crippen LogP contribution in [0, 0.1) is 13.8 Å². The number of nitrogens with zero attached hydrogens (tertiary/aromatic N) is 2. The van der Waals surface area contributed by atoms with E-state index in [4.69, 9.17) is 28.4 Å². The molecule has 3 aromatic carbocycles. The number of amides is 4. The number of aromatic nitrogens is 1. The summed E-state index contributed by atoms with van der Waals surface area (Å²) in [6.45, 7) is 7.64. The van der Waals surface area contributed by atoms with Gasteiger partial charge >= 0.3 is 11.9 Å². The molecule has 0 bridgehead atoms. The lowest BCUT2D eigenvalue weighted by Gasteiger charge is -2.22. The highest BCUT2D eigenvalue weighted by Gasteiger charge is 2.31. The van der Waals surface area contributed by atoms with Crippen LogP contribution < -0.4 is 19.9 Å². The number of ether oxygens (including phenoxy) is 6. The number of carbonyl (C=O) groups excluding carboxylic acids is 6. The molecule has 20 nitrogen and oxygen atoms in total. The molecule has 0 unspecified atom stereocenters. The summed E-state index contributed by atoms with van der Waals surface area (Å²) in [6, 6.07) is 17.8. The number of nitrogens with one attached hydrogen (secondary N) is 2. The van der Waals surface area contributed by atoms with Crippen LogP contribution in [0.3, 0.4) is 0 Å². The van der Waals surface area contributed by atoms with E-state index in [1.165, 1.54) is 0 Å². The Bertz CT molecular complexity index is 2440. The molecule has 2 heterocycles. The van der Waals surface area contributed by atoms with Crippen molar-refractivity contribution in [2.75, 3.05) is 84.9 Å². The van der Waals surface area contributed by atoms with Gasteiger partial charge in [-0.1, -0.05) is 24.3 Å². The van der Waals surface area contributed by atoms with Gasteiger partial charge in [0, 0.05) is 62.2 Å². The smallest absolute Gasteiger partial charge is 0.345 e. The number of hydrogen-bond donors (Lipinski definition) is 2. The average molecular weight is 967 g/mol. The summed E-state index contributed by atoms with van der Waals surface area (Å²) in [4.78, 5) is 78.7. The number of para-hydroxylation sites is 2. The van der Waals surface area contributed by atoms with Crippen molar-refractivity contribution in [3.8, 4) is 5.75 Å². The molecule has 4 amide bonds. The molecule has 68 heavy (non-hydrogen) atoms. The Kier molecular flexibility index (Phi) is 21.2. The largest absolute Gasteiger partial charge is 0.748 e. The first-order valence-electron chi connectivity index (χ1n) is 22.3. The highest BCUT2D eigenvalue weighted by molar-refractivity contribution is 7.85. The van der Waals surface area contributed by atoms with Crippen LogP contribution in [0.5, 0.6) is 5.75 Å². The second-order valence-corrected chi connectivity index (χ2v) is 17.1. The number of aryl methyl sites for hydroxylation is 3. The van der Waals surface area contributed by atoms with E-state index < -0.39 is 39.6 Å². The minimum atomic E-state index is -4.39. The molecule has 1 fully saturated rings. The lowest BCUT2D eigenvalue weighted by Crippen LogP contribution is -2.42. The van der Waals surface area contributed by atoms with E-state index >= 15 is 0 Å². The summed E-state index contributed by atoms with van der Waals surface area (Å²) < 4.78 is 69.3. The lowest BCUT2D eigenvalue weighted by atomic mass is 10.0. The molecule has 1 aliphatic rings. The molecule has 1 saturated heterocycles. The van der Waals surface area contributed by atoms with Gasteiger partial charge in [-0.2, -0.15) is 4.57 Å². The maximum absolute atomic E-state index is 14.0. The van der Waals surface area contributed by atoms with E-state index in [1.54, 1.807) is 50.2 Å². The molecule has 0 atom stereocenters. The van der Waals surface area contributed by atoms with Crippen LogP contribution in [-0.4, -0.2) is 139 Å². The Hall–Kier alpha value is -5.94. The summed E-state index contributed by atoms with van der Waals surface area (Å²) in [5.74, 6) is -3.23. The predicted molar refractivity (Wildman–Crippen MR) is 242 cm³/mol. The first-order valence-corrected chi connectivity index (χ1v) is 23.9.